The van der Waals surface area contributed by atoms with Gasteiger partial charge in [0.15, 0.2) is 5.13 Å². The van der Waals surface area contributed by atoms with E-state index in [1.165, 1.54) is 23.4 Å². The molecule has 1 aromatic heterocycles. The van der Waals surface area contributed by atoms with Gasteiger partial charge in [0.25, 0.3) is 0 Å². The Bertz CT molecular complexity index is 336. The minimum Gasteiger partial charge on any atom is -0.375 e. The van der Waals surface area contributed by atoms with Gasteiger partial charge in [-0.15, -0.1) is 11.3 Å². The number of thiazole rings is 1. The van der Waals surface area contributed by atoms with Crippen LogP contribution in [-0.4, -0.2) is 4.98 Å². The van der Waals surface area contributed by atoms with Gasteiger partial charge in [0, 0.05) is 4.88 Å². The summed E-state index contributed by atoms with van der Waals surface area (Å²) in [6.45, 7) is 6.98. The molecular weight excluding hydrogens is 192 g/mol. The Morgan fingerprint density at radius 3 is 2.79 bits per heavy atom. The van der Waals surface area contributed by atoms with Crippen molar-refractivity contribution in [3.05, 3.63) is 10.6 Å². The quantitative estimate of drug-likeness (QED) is 0.715. The first-order chi connectivity index (χ1) is 6.47. The highest BCUT2D eigenvalue weighted by Gasteiger charge is 2.30. The highest BCUT2D eigenvalue weighted by atomic mass is 32.1. The van der Waals surface area contributed by atoms with Crippen molar-refractivity contribution in [1.82, 2.24) is 4.98 Å². The van der Waals surface area contributed by atoms with E-state index < -0.39 is 0 Å². The zero-order valence-corrected chi connectivity index (χ0v) is 9.95. The molecule has 0 radical (unpaired) electrons. The number of nitrogens with zero attached hydrogens (tertiary/aromatic N) is 1. The maximum atomic E-state index is 5.72. The molecule has 1 aliphatic rings. The number of aromatic nitrogens is 1. The van der Waals surface area contributed by atoms with Crippen LogP contribution in [0.3, 0.4) is 0 Å². The van der Waals surface area contributed by atoms with E-state index in [9.17, 15) is 0 Å². The largest absolute Gasteiger partial charge is 0.375 e. The number of hydrogen-bond acceptors (Lipinski definition) is 3. The van der Waals surface area contributed by atoms with E-state index in [0.717, 1.165) is 17.5 Å². The maximum absolute atomic E-state index is 5.72. The molecule has 0 spiro atoms. The molecule has 3 heteroatoms. The van der Waals surface area contributed by atoms with E-state index >= 15 is 0 Å². The first-order valence-electron chi connectivity index (χ1n) is 5.21. The summed E-state index contributed by atoms with van der Waals surface area (Å²) in [6.07, 6.45) is 3.55. The third-order valence-corrected chi connectivity index (χ3v) is 4.13. The van der Waals surface area contributed by atoms with Gasteiger partial charge in [0.1, 0.15) is 0 Å². The fourth-order valence-electron chi connectivity index (χ4n) is 2.13. The molecule has 1 aliphatic carbocycles. The summed E-state index contributed by atoms with van der Waals surface area (Å²) < 4.78 is 0. The summed E-state index contributed by atoms with van der Waals surface area (Å²) in [7, 11) is 0. The van der Waals surface area contributed by atoms with Crippen LogP contribution in [0.15, 0.2) is 0 Å². The lowest BCUT2D eigenvalue weighted by atomic mass is 9.73. The summed E-state index contributed by atoms with van der Waals surface area (Å²) >= 11 is 1.68. The zero-order valence-electron chi connectivity index (χ0n) is 9.13. The fraction of sp³-hybridized carbons (Fsp3) is 0.727. The van der Waals surface area contributed by atoms with Crippen molar-refractivity contribution >= 4 is 16.5 Å². The van der Waals surface area contributed by atoms with E-state index in [1.807, 2.05) is 0 Å². The molecule has 0 fully saturated rings. The van der Waals surface area contributed by atoms with E-state index in [-0.39, 0.29) is 0 Å². The first-order valence-corrected chi connectivity index (χ1v) is 6.02. The van der Waals surface area contributed by atoms with Gasteiger partial charge in [0.05, 0.1) is 5.69 Å². The second-order valence-corrected chi connectivity index (χ2v) is 6.34. The lowest BCUT2D eigenvalue weighted by Crippen LogP contribution is -2.26. The minimum atomic E-state index is 0.413. The molecule has 0 saturated carbocycles. The van der Waals surface area contributed by atoms with Crippen LogP contribution in [0.2, 0.25) is 0 Å². The summed E-state index contributed by atoms with van der Waals surface area (Å²) in [5.41, 5.74) is 7.39. The van der Waals surface area contributed by atoms with E-state index in [0.29, 0.717) is 5.41 Å². The molecule has 78 valence electrons. The van der Waals surface area contributed by atoms with Crippen LogP contribution in [0.1, 0.15) is 37.8 Å². The smallest absolute Gasteiger partial charge is 0.180 e. The SMILES string of the molecule is CC(C)(C)C1CCc2nc(N)sc2C1. The topological polar surface area (TPSA) is 38.9 Å². The lowest BCUT2D eigenvalue weighted by Gasteiger charge is -2.33. The Morgan fingerprint density at radius 2 is 2.14 bits per heavy atom. The molecule has 2 rings (SSSR count). The normalized spacial score (nSPS) is 22.1. The molecule has 1 heterocycles. The van der Waals surface area contributed by atoms with Crippen molar-refractivity contribution in [2.75, 3.05) is 5.73 Å². The van der Waals surface area contributed by atoms with E-state index in [4.69, 9.17) is 5.73 Å². The number of hydrogen-bond donors (Lipinski definition) is 1. The van der Waals surface area contributed by atoms with Crippen LogP contribution < -0.4 is 5.73 Å². The third-order valence-electron chi connectivity index (χ3n) is 3.18. The molecule has 2 nitrogen and oxygen atoms in total. The predicted octanol–water partition coefficient (Wildman–Crippen LogP) is 2.88. The highest BCUT2D eigenvalue weighted by molar-refractivity contribution is 7.15. The predicted molar refractivity (Wildman–Crippen MR) is 61.5 cm³/mol. The summed E-state index contributed by atoms with van der Waals surface area (Å²) in [5, 5.41) is 0.740. The van der Waals surface area contributed by atoms with Gasteiger partial charge < -0.3 is 5.73 Å². The fourth-order valence-corrected chi connectivity index (χ4v) is 3.09. The lowest BCUT2D eigenvalue weighted by molar-refractivity contribution is 0.217. The minimum absolute atomic E-state index is 0.413. The number of rotatable bonds is 0. The first kappa shape index (κ1) is 9.97. The average molecular weight is 210 g/mol. The third kappa shape index (κ3) is 1.78. The van der Waals surface area contributed by atoms with Crippen molar-refractivity contribution in [2.24, 2.45) is 11.3 Å². The highest BCUT2D eigenvalue weighted by Crippen LogP contribution is 2.39. The Balaban J connectivity index is 2.21. The maximum Gasteiger partial charge on any atom is 0.180 e. The number of fused-ring (bicyclic) bond motifs is 1. The van der Waals surface area contributed by atoms with Crippen molar-refractivity contribution < 1.29 is 0 Å². The van der Waals surface area contributed by atoms with Crippen molar-refractivity contribution in [3.8, 4) is 0 Å². The number of anilines is 1. The van der Waals surface area contributed by atoms with Gasteiger partial charge >= 0.3 is 0 Å². The Labute approximate surface area is 89.5 Å². The van der Waals surface area contributed by atoms with E-state index in [2.05, 4.69) is 25.8 Å². The molecule has 0 amide bonds. The van der Waals surface area contributed by atoms with Crippen molar-refractivity contribution in [3.63, 3.8) is 0 Å². The second-order valence-electron chi connectivity index (χ2n) is 5.23. The molecule has 2 N–H and O–H groups in total. The molecule has 0 bridgehead atoms. The van der Waals surface area contributed by atoms with Crippen LogP contribution in [0.4, 0.5) is 5.13 Å². The Morgan fingerprint density at radius 1 is 1.43 bits per heavy atom. The van der Waals surface area contributed by atoms with Crippen molar-refractivity contribution in [1.29, 1.82) is 0 Å². The summed E-state index contributed by atoms with van der Waals surface area (Å²) in [5.74, 6) is 0.787. The van der Waals surface area contributed by atoms with E-state index in [1.54, 1.807) is 11.3 Å². The van der Waals surface area contributed by atoms with Gasteiger partial charge in [-0.3, -0.25) is 0 Å². The summed E-state index contributed by atoms with van der Waals surface area (Å²) in [4.78, 5) is 5.79. The second kappa shape index (κ2) is 3.23. The van der Waals surface area contributed by atoms with Gasteiger partial charge in [0.2, 0.25) is 0 Å². The van der Waals surface area contributed by atoms with Gasteiger partial charge in [-0.05, 0) is 30.6 Å². The molecule has 1 unspecified atom stereocenters. The van der Waals surface area contributed by atoms with Gasteiger partial charge in [-0.25, -0.2) is 4.98 Å². The molecule has 14 heavy (non-hydrogen) atoms. The standard InChI is InChI=1S/C11H18N2S/c1-11(2,3)7-4-5-8-9(6-7)14-10(12)13-8/h7H,4-6H2,1-3H3,(H2,12,13). The average Bonchev–Trinajstić information content (AvgIpc) is 2.41. The van der Waals surface area contributed by atoms with Crippen LogP contribution in [0, 0.1) is 11.3 Å². The van der Waals surface area contributed by atoms with Crippen LogP contribution >= 0.6 is 11.3 Å². The molecule has 1 aromatic rings. The molecule has 0 saturated heterocycles. The molecule has 0 aliphatic heterocycles. The zero-order chi connectivity index (χ0) is 10.3. The van der Waals surface area contributed by atoms with Gasteiger partial charge in [-0.1, -0.05) is 20.8 Å². The van der Waals surface area contributed by atoms with Crippen molar-refractivity contribution in [2.45, 2.75) is 40.0 Å². The number of aryl methyl sites for hydroxylation is 1. The van der Waals surface area contributed by atoms with Crippen LogP contribution in [-0.2, 0) is 12.8 Å². The summed E-state index contributed by atoms with van der Waals surface area (Å²) in [6, 6.07) is 0. The van der Waals surface area contributed by atoms with Crippen LogP contribution in [0.25, 0.3) is 0 Å². The Hall–Kier alpha value is -0.570. The van der Waals surface area contributed by atoms with Gasteiger partial charge in [-0.2, -0.15) is 0 Å². The molecular formula is C11H18N2S. The molecule has 0 aromatic carbocycles. The Kier molecular flexibility index (Phi) is 2.30. The van der Waals surface area contributed by atoms with Crippen LogP contribution in [0.5, 0.6) is 0 Å². The molecule has 1 atom stereocenters. The number of nitrogen functional groups attached to an aromatic ring is 1. The number of nitrogens with two attached hydrogens (primary N) is 1. The monoisotopic (exact) mass is 210 g/mol.